The summed E-state index contributed by atoms with van der Waals surface area (Å²) in [5.74, 6) is 2.74. The first-order valence-electron chi connectivity index (χ1n) is 16.9. The SMILES string of the molecule is COCOc1ccc([C@@]2(C)COc3cc(OCOC)ccc3[C@H]2CCCCc2ccc(N(C)CCO[Si](C)(C)C(C)(C)C)cc2)cc1. The third-order valence-corrected chi connectivity index (χ3v) is 14.7. The van der Waals surface area contributed by atoms with Crippen LogP contribution in [-0.2, 0) is 25.7 Å². The van der Waals surface area contributed by atoms with Crippen LogP contribution in [0, 0.1) is 0 Å². The molecule has 0 fully saturated rings. The van der Waals surface area contributed by atoms with E-state index in [-0.39, 0.29) is 30.0 Å². The van der Waals surface area contributed by atoms with Gasteiger partial charge in [0.25, 0.3) is 0 Å². The highest BCUT2D eigenvalue weighted by Crippen LogP contribution is 2.50. The molecular formula is C39H57NO6Si. The molecule has 0 aliphatic carbocycles. The highest BCUT2D eigenvalue weighted by molar-refractivity contribution is 6.74. The number of anilines is 1. The van der Waals surface area contributed by atoms with E-state index in [0.29, 0.717) is 6.61 Å². The Bertz CT molecular complexity index is 1390. The molecule has 8 heteroatoms. The zero-order chi connectivity index (χ0) is 34.1. The fourth-order valence-corrected chi connectivity index (χ4v) is 7.05. The summed E-state index contributed by atoms with van der Waals surface area (Å²) in [5, 5.41) is 0.230. The summed E-state index contributed by atoms with van der Waals surface area (Å²) in [6.07, 6.45) is 4.35. The Morgan fingerprint density at radius 2 is 1.51 bits per heavy atom. The number of nitrogens with zero attached hydrogens (tertiary/aromatic N) is 1. The molecule has 258 valence electrons. The van der Waals surface area contributed by atoms with Gasteiger partial charge in [0, 0.05) is 50.9 Å². The predicted molar refractivity (Wildman–Crippen MR) is 194 cm³/mol. The molecule has 0 aromatic heterocycles. The Morgan fingerprint density at radius 3 is 2.15 bits per heavy atom. The molecule has 1 aliphatic heterocycles. The molecule has 0 amide bonds. The van der Waals surface area contributed by atoms with Gasteiger partial charge in [-0.05, 0) is 84.4 Å². The maximum Gasteiger partial charge on any atom is 0.192 e. The number of methoxy groups -OCH3 is 2. The minimum Gasteiger partial charge on any atom is -0.492 e. The third kappa shape index (κ3) is 9.53. The molecule has 0 unspecified atom stereocenters. The van der Waals surface area contributed by atoms with Crippen molar-refractivity contribution in [3.8, 4) is 17.2 Å². The Morgan fingerprint density at radius 1 is 0.872 bits per heavy atom. The lowest BCUT2D eigenvalue weighted by Gasteiger charge is -2.43. The second-order valence-corrected chi connectivity index (χ2v) is 19.3. The molecule has 3 aromatic rings. The summed E-state index contributed by atoms with van der Waals surface area (Å²) in [7, 11) is 3.68. The van der Waals surface area contributed by atoms with Crippen LogP contribution in [0.2, 0.25) is 18.1 Å². The lowest BCUT2D eigenvalue weighted by atomic mass is 9.66. The highest BCUT2D eigenvalue weighted by Gasteiger charge is 2.42. The molecule has 0 saturated carbocycles. The van der Waals surface area contributed by atoms with Crippen molar-refractivity contribution in [2.24, 2.45) is 0 Å². The molecule has 3 aromatic carbocycles. The van der Waals surface area contributed by atoms with Gasteiger partial charge in [0.2, 0.25) is 0 Å². The quantitative estimate of drug-likeness (QED) is 0.0812. The number of aryl methyl sites for hydroxylation is 1. The number of rotatable bonds is 17. The Hall–Kier alpha value is -3.04. The van der Waals surface area contributed by atoms with Gasteiger partial charge in [0.15, 0.2) is 21.9 Å². The molecule has 0 saturated heterocycles. The normalized spacial score (nSPS) is 17.9. The van der Waals surface area contributed by atoms with Crippen LogP contribution in [-0.4, -0.2) is 62.9 Å². The second-order valence-electron chi connectivity index (χ2n) is 14.5. The van der Waals surface area contributed by atoms with Crippen LogP contribution in [0.25, 0.3) is 0 Å². The van der Waals surface area contributed by atoms with Crippen molar-refractivity contribution < 1.29 is 28.1 Å². The average molecular weight is 664 g/mol. The van der Waals surface area contributed by atoms with Crippen LogP contribution in [0.3, 0.4) is 0 Å². The molecule has 7 nitrogen and oxygen atoms in total. The molecule has 1 aliphatic rings. The van der Waals surface area contributed by atoms with Gasteiger partial charge >= 0.3 is 0 Å². The molecule has 0 spiro atoms. The molecule has 1 heterocycles. The van der Waals surface area contributed by atoms with E-state index in [1.807, 2.05) is 24.3 Å². The van der Waals surface area contributed by atoms with Crippen molar-refractivity contribution in [3.05, 3.63) is 83.4 Å². The number of likely N-dealkylation sites (N-methyl/N-ethyl adjacent to an activating group) is 1. The summed E-state index contributed by atoms with van der Waals surface area (Å²) in [6, 6.07) is 23.6. The minimum atomic E-state index is -1.73. The maximum atomic E-state index is 6.42. The van der Waals surface area contributed by atoms with Gasteiger partial charge in [0.1, 0.15) is 17.2 Å². The maximum absolute atomic E-state index is 6.42. The highest BCUT2D eigenvalue weighted by atomic mass is 28.4. The monoisotopic (exact) mass is 663 g/mol. The fourth-order valence-electron chi connectivity index (χ4n) is 6.01. The molecule has 0 radical (unpaired) electrons. The lowest BCUT2D eigenvalue weighted by Crippen LogP contribution is -2.42. The lowest BCUT2D eigenvalue weighted by molar-refractivity contribution is 0.0505. The van der Waals surface area contributed by atoms with Crippen molar-refractivity contribution in [2.75, 3.05) is 59.5 Å². The minimum absolute atomic E-state index is 0.192. The van der Waals surface area contributed by atoms with Crippen molar-refractivity contribution in [1.82, 2.24) is 0 Å². The summed E-state index contributed by atoms with van der Waals surface area (Å²) in [6.45, 7) is 16.5. The van der Waals surface area contributed by atoms with Gasteiger partial charge in [0.05, 0.1) is 13.2 Å². The Kier molecular flexibility index (Phi) is 12.8. The largest absolute Gasteiger partial charge is 0.492 e. The third-order valence-electron chi connectivity index (χ3n) is 10.1. The summed E-state index contributed by atoms with van der Waals surface area (Å²) in [5.41, 5.74) is 4.89. The Labute approximate surface area is 284 Å². The van der Waals surface area contributed by atoms with E-state index in [2.05, 4.69) is 95.2 Å². The Balaban J connectivity index is 1.39. The number of hydrogen-bond acceptors (Lipinski definition) is 7. The van der Waals surface area contributed by atoms with E-state index in [9.17, 15) is 0 Å². The van der Waals surface area contributed by atoms with Gasteiger partial charge in [-0.2, -0.15) is 0 Å². The van der Waals surface area contributed by atoms with Crippen LogP contribution in [0.1, 0.15) is 69.6 Å². The molecule has 47 heavy (non-hydrogen) atoms. The second kappa shape index (κ2) is 16.4. The summed E-state index contributed by atoms with van der Waals surface area (Å²) < 4.78 is 34.4. The van der Waals surface area contributed by atoms with Crippen LogP contribution in [0.15, 0.2) is 66.7 Å². The zero-order valence-corrected chi connectivity index (χ0v) is 31.2. The van der Waals surface area contributed by atoms with Crippen molar-refractivity contribution in [3.63, 3.8) is 0 Å². The topological polar surface area (TPSA) is 58.6 Å². The van der Waals surface area contributed by atoms with E-state index in [1.54, 1.807) is 14.2 Å². The van der Waals surface area contributed by atoms with Gasteiger partial charge in [-0.3, -0.25) is 0 Å². The number of fused-ring (bicyclic) bond motifs is 1. The van der Waals surface area contributed by atoms with E-state index in [0.717, 1.165) is 56.1 Å². The van der Waals surface area contributed by atoms with E-state index in [1.165, 1.54) is 22.4 Å². The zero-order valence-electron chi connectivity index (χ0n) is 30.2. The van der Waals surface area contributed by atoms with Crippen LogP contribution < -0.4 is 19.1 Å². The first kappa shape index (κ1) is 36.8. The van der Waals surface area contributed by atoms with Crippen LogP contribution in [0.5, 0.6) is 17.2 Å². The first-order chi connectivity index (χ1) is 22.4. The van der Waals surface area contributed by atoms with Gasteiger partial charge in [-0.1, -0.05) is 64.4 Å². The van der Waals surface area contributed by atoms with Gasteiger partial charge < -0.3 is 33.0 Å². The van der Waals surface area contributed by atoms with Crippen molar-refractivity contribution >= 4 is 14.0 Å². The average Bonchev–Trinajstić information content (AvgIpc) is 3.05. The van der Waals surface area contributed by atoms with Gasteiger partial charge in [-0.15, -0.1) is 0 Å². The molecule has 2 atom stereocenters. The molecule has 0 N–H and O–H groups in total. The number of unbranched alkanes of at least 4 members (excludes halogenated alkanes) is 1. The smallest absolute Gasteiger partial charge is 0.192 e. The summed E-state index contributed by atoms with van der Waals surface area (Å²) >= 11 is 0. The standard InChI is InChI=1S/C39H57NO6Si/c1-38(2,3)47(8,9)46-25-24-40(5)32-18-14-30(15-19-32)12-10-11-13-36-35-23-22-34(45-29-42-7)26-37(35)43-27-39(36,4)31-16-20-33(21-17-31)44-28-41-6/h14-23,26,36H,10-13,24-25,27-29H2,1-9H3/t36-,39-/m1/s1. The van der Waals surface area contributed by atoms with Crippen molar-refractivity contribution in [2.45, 2.75) is 82.8 Å². The van der Waals surface area contributed by atoms with E-state index in [4.69, 9.17) is 28.1 Å². The molecule has 0 bridgehead atoms. The van der Waals surface area contributed by atoms with Gasteiger partial charge in [-0.25, -0.2) is 0 Å². The van der Waals surface area contributed by atoms with Crippen LogP contribution >= 0.6 is 0 Å². The van der Waals surface area contributed by atoms with Crippen LogP contribution in [0.4, 0.5) is 5.69 Å². The molecule has 4 rings (SSSR count). The number of hydrogen-bond donors (Lipinski definition) is 0. The summed E-state index contributed by atoms with van der Waals surface area (Å²) in [4.78, 5) is 2.29. The fraction of sp³-hybridized carbons (Fsp3) is 0.538. The first-order valence-corrected chi connectivity index (χ1v) is 19.8. The van der Waals surface area contributed by atoms with Crippen molar-refractivity contribution in [1.29, 1.82) is 0 Å². The number of benzene rings is 3. The van der Waals surface area contributed by atoms with E-state index >= 15 is 0 Å². The molecular weight excluding hydrogens is 607 g/mol. The van der Waals surface area contributed by atoms with E-state index < -0.39 is 8.32 Å². The predicted octanol–water partition coefficient (Wildman–Crippen LogP) is 8.96. The number of ether oxygens (including phenoxy) is 5.